The molecule has 1 aromatic heterocycles. The van der Waals surface area contributed by atoms with Gasteiger partial charge in [-0.05, 0) is 74.1 Å². The van der Waals surface area contributed by atoms with Crippen LogP contribution in [0.15, 0.2) is 72.6 Å². The van der Waals surface area contributed by atoms with Gasteiger partial charge in [0.15, 0.2) is 0 Å². The van der Waals surface area contributed by atoms with Crippen LogP contribution in [0.5, 0.6) is 0 Å². The number of rotatable bonds is 3. The van der Waals surface area contributed by atoms with E-state index in [1.807, 2.05) is 29.4 Å². The lowest BCUT2D eigenvalue weighted by Crippen LogP contribution is -2.40. The number of amides is 1. The normalized spacial score (nSPS) is 19.2. The lowest BCUT2D eigenvalue weighted by atomic mass is 9.87. The number of benzene rings is 2. The van der Waals surface area contributed by atoms with Crippen LogP contribution in [0.25, 0.3) is 16.7 Å². The van der Waals surface area contributed by atoms with Crippen molar-refractivity contribution in [3.8, 4) is 5.69 Å². The summed E-state index contributed by atoms with van der Waals surface area (Å²) < 4.78 is 2.08. The Morgan fingerprint density at radius 1 is 1.13 bits per heavy atom. The molecule has 152 valence electrons. The van der Waals surface area contributed by atoms with Gasteiger partial charge in [-0.25, -0.2) is 4.98 Å². The first-order chi connectivity index (χ1) is 14.7. The lowest BCUT2D eigenvalue weighted by molar-refractivity contribution is 0.0692. The molecule has 0 bridgehead atoms. The molecule has 30 heavy (non-hydrogen) atoms. The van der Waals surface area contributed by atoms with E-state index < -0.39 is 0 Å². The summed E-state index contributed by atoms with van der Waals surface area (Å²) in [5, 5.41) is 0. The van der Waals surface area contributed by atoms with Crippen molar-refractivity contribution in [1.82, 2.24) is 14.5 Å². The van der Waals surface area contributed by atoms with E-state index >= 15 is 0 Å². The van der Waals surface area contributed by atoms with Crippen LogP contribution < -0.4 is 0 Å². The monoisotopic (exact) mass is 397 g/mol. The molecule has 2 heterocycles. The van der Waals surface area contributed by atoms with E-state index in [1.165, 1.54) is 17.6 Å². The molecule has 0 N–H and O–H groups in total. The van der Waals surface area contributed by atoms with E-state index in [0.29, 0.717) is 5.92 Å². The minimum absolute atomic E-state index is 0.118. The van der Waals surface area contributed by atoms with Crippen molar-refractivity contribution in [2.45, 2.75) is 32.6 Å². The van der Waals surface area contributed by atoms with Crippen molar-refractivity contribution >= 4 is 16.9 Å². The molecule has 3 aromatic rings. The molecule has 1 unspecified atom stereocenters. The number of carbonyl (C=O) groups is 1. The van der Waals surface area contributed by atoms with E-state index in [0.717, 1.165) is 54.6 Å². The molecule has 4 nitrogen and oxygen atoms in total. The number of allylic oxidation sites excluding steroid dienone is 3. The Hall–Kier alpha value is -3.14. The molecule has 1 amide bonds. The number of hydrogen-bond acceptors (Lipinski definition) is 2. The van der Waals surface area contributed by atoms with Crippen LogP contribution in [0.4, 0.5) is 0 Å². The largest absolute Gasteiger partial charge is 0.338 e. The van der Waals surface area contributed by atoms with Gasteiger partial charge in [0, 0.05) is 30.3 Å². The average Bonchev–Trinajstić information content (AvgIpc) is 3.22. The zero-order valence-electron chi connectivity index (χ0n) is 17.4. The highest BCUT2D eigenvalue weighted by Crippen LogP contribution is 2.28. The Balaban J connectivity index is 1.39. The summed E-state index contributed by atoms with van der Waals surface area (Å²) in [7, 11) is 0. The molecular weight excluding hydrogens is 370 g/mol. The third kappa shape index (κ3) is 3.58. The zero-order valence-corrected chi connectivity index (χ0v) is 17.4. The topological polar surface area (TPSA) is 38.1 Å². The van der Waals surface area contributed by atoms with Crippen LogP contribution >= 0.6 is 0 Å². The number of hydrogen-bond donors (Lipinski definition) is 0. The maximum absolute atomic E-state index is 13.2. The van der Waals surface area contributed by atoms with Gasteiger partial charge in [-0.1, -0.05) is 30.4 Å². The second-order valence-electron chi connectivity index (χ2n) is 8.43. The standard InChI is InChI=1S/C26H27N3O/c1-19-7-5-11-23(15-19)29-18-27-24-16-21(12-13-25(24)29)26(30)28-14-6-10-22(17-28)20-8-3-2-4-9-20/h3,5,7-9,11-13,15-16,18,22H,2,4,6,10,14,17H2,1H3. The molecule has 5 rings (SSSR count). The number of imidazole rings is 1. The van der Waals surface area contributed by atoms with Crippen LogP contribution in [0.2, 0.25) is 0 Å². The van der Waals surface area contributed by atoms with Gasteiger partial charge >= 0.3 is 0 Å². The fourth-order valence-electron chi connectivity index (χ4n) is 4.68. The summed E-state index contributed by atoms with van der Waals surface area (Å²) in [5.74, 6) is 0.579. The molecule has 0 saturated carbocycles. The van der Waals surface area contributed by atoms with Crippen molar-refractivity contribution in [2.24, 2.45) is 5.92 Å². The summed E-state index contributed by atoms with van der Waals surface area (Å²) in [6, 6.07) is 14.3. The molecular formula is C26H27N3O. The van der Waals surface area contributed by atoms with Crippen LogP contribution in [0.3, 0.4) is 0 Å². The Morgan fingerprint density at radius 2 is 2.07 bits per heavy atom. The Bertz CT molecular complexity index is 1150. The summed E-state index contributed by atoms with van der Waals surface area (Å²) in [4.78, 5) is 19.8. The third-order valence-electron chi connectivity index (χ3n) is 6.28. The Morgan fingerprint density at radius 3 is 2.90 bits per heavy atom. The molecule has 0 radical (unpaired) electrons. The van der Waals surface area contributed by atoms with Crippen LogP contribution in [0.1, 0.15) is 41.6 Å². The minimum atomic E-state index is 0.118. The minimum Gasteiger partial charge on any atom is -0.338 e. The van der Waals surface area contributed by atoms with Crippen molar-refractivity contribution in [2.75, 3.05) is 13.1 Å². The van der Waals surface area contributed by atoms with Gasteiger partial charge < -0.3 is 4.90 Å². The third-order valence-corrected chi connectivity index (χ3v) is 6.28. The van der Waals surface area contributed by atoms with Gasteiger partial charge in [-0.2, -0.15) is 0 Å². The average molecular weight is 398 g/mol. The summed E-state index contributed by atoms with van der Waals surface area (Å²) in [6.45, 7) is 3.73. The van der Waals surface area contributed by atoms with Crippen LogP contribution in [-0.2, 0) is 0 Å². The number of aromatic nitrogens is 2. The van der Waals surface area contributed by atoms with E-state index in [4.69, 9.17) is 0 Å². The first kappa shape index (κ1) is 18.9. The number of carbonyl (C=O) groups excluding carboxylic acids is 1. The fraction of sp³-hybridized carbons (Fsp3) is 0.308. The van der Waals surface area contributed by atoms with Crippen LogP contribution in [0, 0.1) is 12.8 Å². The van der Waals surface area contributed by atoms with Crippen molar-refractivity contribution in [3.63, 3.8) is 0 Å². The Kier molecular flexibility index (Phi) is 4.99. The number of piperidine rings is 1. The van der Waals surface area contributed by atoms with Gasteiger partial charge in [0.2, 0.25) is 0 Å². The second-order valence-corrected chi connectivity index (χ2v) is 8.43. The second kappa shape index (κ2) is 7.94. The zero-order chi connectivity index (χ0) is 20.5. The number of fused-ring (bicyclic) bond motifs is 1. The molecule has 1 aliphatic carbocycles. The predicted octanol–water partition coefficient (Wildman–Crippen LogP) is 5.46. The number of likely N-dealkylation sites (tertiary alicyclic amines) is 1. The molecule has 1 fully saturated rings. The van der Waals surface area contributed by atoms with Crippen molar-refractivity contribution in [1.29, 1.82) is 0 Å². The molecule has 1 aliphatic heterocycles. The SMILES string of the molecule is Cc1cccc(-n2cnc3cc(C(=O)N4CCCC(C5=CCCC=C5)C4)ccc32)c1. The van der Waals surface area contributed by atoms with Gasteiger partial charge in [-0.3, -0.25) is 9.36 Å². The molecule has 2 aromatic carbocycles. The van der Waals surface area contributed by atoms with Gasteiger partial charge in [0.25, 0.3) is 5.91 Å². The highest BCUT2D eigenvalue weighted by Gasteiger charge is 2.26. The first-order valence-corrected chi connectivity index (χ1v) is 10.9. The van der Waals surface area contributed by atoms with Crippen LogP contribution in [-0.4, -0.2) is 33.4 Å². The molecule has 1 saturated heterocycles. The fourth-order valence-corrected chi connectivity index (χ4v) is 4.68. The number of aryl methyl sites for hydroxylation is 1. The quantitative estimate of drug-likeness (QED) is 0.588. The maximum Gasteiger partial charge on any atom is 0.253 e. The summed E-state index contributed by atoms with van der Waals surface area (Å²) in [6.07, 6.45) is 13.2. The lowest BCUT2D eigenvalue weighted by Gasteiger charge is -2.34. The van der Waals surface area contributed by atoms with Gasteiger partial charge in [-0.15, -0.1) is 0 Å². The molecule has 1 atom stereocenters. The van der Waals surface area contributed by atoms with Gasteiger partial charge in [0.1, 0.15) is 6.33 Å². The van der Waals surface area contributed by atoms with E-state index in [1.54, 1.807) is 0 Å². The van der Waals surface area contributed by atoms with E-state index in [-0.39, 0.29) is 5.91 Å². The highest BCUT2D eigenvalue weighted by atomic mass is 16.2. The predicted molar refractivity (Wildman–Crippen MR) is 121 cm³/mol. The Labute approximate surface area is 177 Å². The molecule has 0 spiro atoms. The highest BCUT2D eigenvalue weighted by molar-refractivity contribution is 5.97. The first-order valence-electron chi connectivity index (χ1n) is 10.9. The van der Waals surface area contributed by atoms with E-state index in [9.17, 15) is 4.79 Å². The van der Waals surface area contributed by atoms with Gasteiger partial charge in [0.05, 0.1) is 11.0 Å². The maximum atomic E-state index is 13.2. The summed E-state index contributed by atoms with van der Waals surface area (Å²) in [5.41, 5.74) is 6.31. The number of nitrogens with zero attached hydrogens (tertiary/aromatic N) is 3. The smallest absolute Gasteiger partial charge is 0.253 e. The summed E-state index contributed by atoms with van der Waals surface area (Å²) >= 11 is 0. The molecule has 4 heteroatoms. The van der Waals surface area contributed by atoms with Crippen molar-refractivity contribution < 1.29 is 4.79 Å². The van der Waals surface area contributed by atoms with E-state index in [2.05, 4.69) is 59.0 Å². The molecule has 2 aliphatic rings. The van der Waals surface area contributed by atoms with Crippen molar-refractivity contribution in [3.05, 3.63) is 83.7 Å².